The Kier molecular flexibility index (Phi) is 3.60. The maximum Gasteiger partial charge on any atom is 0.166 e. The molecule has 1 N–H and O–H groups in total. The van der Waals surface area contributed by atoms with Crippen LogP contribution >= 0.6 is 0 Å². The molecule has 10 heavy (non-hydrogen) atoms. The van der Waals surface area contributed by atoms with Crippen molar-refractivity contribution >= 4 is 9.84 Å². The highest BCUT2D eigenvalue weighted by atomic mass is 32.2. The Labute approximate surface area is 62.0 Å². The Morgan fingerprint density at radius 3 is 2.30 bits per heavy atom. The molecular formula is C6H12NO2S. The lowest BCUT2D eigenvalue weighted by Gasteiger charge is -2.09. The summed E-state index contributed by atoms with van der Waals surface area (Å²) in [7, 11) is -3.07. The van der Waals surface area contributed by atoms with E-state index in [0.717, 1.165) is 12.3 Å². The van der Waals surface area contributed by atoms with Gasteiger partial charge in [0, 0.05) is 6.26 Å². The van der Waals surface area contributed by atoms with Gasteiger partial charge in [-0.3, -0.25) is 5.32 Å². The van der Waals surface area contributed by atoms with Crippen molar-refractivity contribution in [2.24, 2.45) is 0 Å². The van der Waals surface area contributed by atoms with Crippen LogP contribution in [0.15, 0.2) is 6.08 Å². The molecule has 0 saturated heterocycles. The van der Waals surface area contributed by atoms with Crippen molar-refractivity contribution in [1.82, 2.24) is 5.32 Å². The van der Waals surface area contributed by atoms with E-state index in [9.17, 15) is 8.42 Å². The monoisotopic (exact) mass is 162 g/mol. The smallest absolute Gasteiger partial charge is 0.166 e. The van der Waals surface area contributed by atoms with E-state index < -0.39 is 15.2 Å². The van der Waals surface area contributed by atoms with Gasteiger partial charge in [-0.05, 0) is 6.54 Å². The summed E-state index contributed by atoms with van der Waals surface area (Å²) in [6.45, 7) is 7.49. The standard InChI is InChI=1S/C6H12NO2S/c1-4-6(7-5-2)10(3,8)9/h1,4,6-7H,5H2,2-3H3. The summed E-state index contributed by atoms with van der Waals surface area (Å²) in [5.41, 5.74) is 0. The molecule has 0 aliphatic heterocycles. The molecular weight excluding hydrogens is 150 g/mol. The summed E-state index contributed by atoms with van der Waals surface area (Å²) in [4.78, 5) is 0. The lowest BCUT2D eigenvalue weighted by molar-refractivity contribution is 0.580. The Morgan fingerprint density at radius 2 is 2.20 bits per heavy atom. The highest BCUT2D eigenvalue weighted by molar-refractivity contribution is 7.91. The van der Waals surface area contributed by atoms with Gasteiger partial charge >= 0.3 is 0 Å². The molecule has 0 aliphatic carbocycles. The number of sulfone groups is 1. The molecule has 0 amide bonds. The second-order valence-corrected chi connectivity index (χ2v) is 4.17. The summed E-state index contributed by atoms with van der Waals surface area (Å²) >= 11 is 0. The first-order chi connectivity index (χ1) is 4.52. The van der Waals surface area contributed by atoms with Crippen LogP contribution in [0.25, 0.3) is 0 Å². The molecule has 0 saturated carbocycles. The van der Waals surface area contributed by atoms with Crippen LogP contribution in [-0.4, -0.2) is 26.6 Å². The van der Waals surface area contributed by atoms with Crippen molar-refractivity contribution in [3.63, 3.8) is 0 Å². The molecule has 4 heteroatoms. The first-order valence-electron chi connectivity index (χ1n) is 2.99. The second-order valence-electron chi connectivity index (χ2n) is 2.00. The molecule has 3 nitrogen and oxygen atoms in total. The molecule has 0 bridgehead atoms. The van der Waals surface area contributed by atoms with Crippen LogP contribution < -0.4 is 5.32 Å². The molecule has 0 aromatic heterocycles. The van der Waals surface area contributed by atoms with Gasteiger partial charge in [0.1, 0.15) is 5.37 Å². The van der Waals surface area contributed by atoms with Gasteiger partial charge in [0.05, 0.1) is 0 Å². The van der Waals surface area contributed by atoms with E-state index in [-0.39, 0.29) is 0 Å². The number of hydrogen-bond donors (Lipinski definition) is 1. The fraction of sp³-hybridized carbons (Fsp3) is 0.667. The average molecular weight is 162 g/mol. The quantitative estimate of drug-likeness (QED) is 0.630. The van der Waals surface area contributed by atoms with Crippen LogP contribution in [0.4, 0.5) is 0 Å². The lowest BCUT2D eigenvalue weighted by atomic mass is 10.6. The topological polar surface area (TPSA) is 46.2 Å². The summed E-state index contributed by atoms with van der Waals surface area (Å²) in [5, 5.41) is 1.99. The molecule has 0 aromatic carbocycles. The summed E-state index contributed by atoms with van der Waals surface area (Å²) in [6.07, 6.45) is 2.28. The van der Waals surface area contributed by atoms with Gasteiger partial charge in [0.2, 0.25) is 0 Å². The van der Waals surface area contributed by atoms with Gasteiger partial charge < -0.3 is 0 Å². The first-order valence-corrected chi connectivity index (χ1v) is 4.95. The largest absolute Gasteiger partial charge is 0.298 e. The molecule has 0 fully saturated rings. The number of likely N-dealkylation sites (N-methyl/N-ethyl adjacent to an activating group) is 1. The van der Waals surface area contributed by atoms with Gasteiger partial charge in [0.25, 0.3) is 0 Å². The van der Waals surface area contributed by atoms with E-state index in [0.29, 0.717) is 6.54 Å². The molecule has 1 unspecified atom stereocenters. The highest BCUT2D eigenvalue weighted by Gasteiger charge is 2.13. The minimum Gasteiger partial charge on any atom is -0.298 e. The fourth-order valence-corrected chi connectivity index (χ4v) is 1.32. The predicted molar refractivity (Wildman–Crippen MR) is 41.2 cm³/mol. The molecule has 1 radical (unpaired) electrons. The summed E-state index contributed by atoms with van der Waals surface area (Å²) in [5.74, 6) is 0. The van der Waals surface area contributed by atoms with Crippen LogP contribution in [-0.2, 0) is 9.84 Å². The van der Waals surface area contributed by atoms with E-state index in [4.69, 9.17) is 6.58 Å². The minimum atomic E-state index is -3.07. The maximum absolute atomic E-state index is 10.8. The van der Waals surface area contributed by atoms with Crippen molar-refractivity contribution < 1.29 is 8.42 Å². The molecule has 0 spiro atoms. The van der Waals surface area contributed by atoms with E-state index in [1.54, 1.807) is 0 Å². The Morgan fingerprint density at radius 1 is 1.70 bits per heavy atom. The third-order valence-corrected chi connectivity index (χ3v) is 2.29. The summed E-state index contributed by atoms with van der Waals surface area (Å²) in [6, 6.07) is 0. The Balaban J connectivity index is 4.22. The molecule has 0 heterocycles. The maximum atomic E-state index is 10.8. The zero-order chi connectivity index (χ0) is 8.20. The Bertz CT molecular complexity index is 196. The zero-order valence-corrected chi connectivity index (χ0v) is 6.98. The minimum absolute atomic E-state index is 0.589. The summed E-state index contributed by atoms with van der Waals surface area (Å²) < 4.78 is 21.6. The predicted octanol–water partition coefficient (Wildman–Crippen LogP) is -0.0442. The Hall–Kier alpha value is -0.350. The van der Waals surface area contributed by atoms with E-state index in [1.165, 1.54) is 0 Å². The molecule has 1 atom stereocenters. The van der Waals surface area contributed by atoms with Crippen molar-refractivity contribution in [1.29, 1.82) is 0 Å². The highest BCUT2D eigenvalue weighted by Crippen LogP contribution is 1.94. The van der Waals surface area contributed by atoms with Gasteiger partial charge in [-0.2, -0.15) is 0 Å². The number of rotatable bonds is 4. The third-order valence-electron chi connectivity index (χ3n) is 1.04. The van der Waals surface area contributed by atoms with Crippen molar-refractivity contribution in [2.75, 3.05) is 12.8 Å². The van der Waals surface area contributed by atoms with Gasteiger partial charge in [-0.25, -0.2) is 8.42 Å². The first kappa shape index (κ1) is 9.65. The van der Waals surface area contributed by atoms with E-state index in [1.807, 2.05) is 6.92 Å². The van der Waals surface area contributed by atoms with Gasteiger partial charge in [-0.15, -0.1) is 0 Å². The molecule has 0 aromatic rings. The SMILES string of the molecule is [CH]=CC(NCC)S(C)(=O)=O. The van der Waals surface area contributed by atoms with Gasteiger partial charge in [0.15, 0.2) is 9.84 Å². The second kappa shape index (κ2) is 3.73. The van der Waals surface area contributed by atoms with E-state index in [2.05, 4.69) is 5.32 Å². The van der Waals surface area contributed by atoms with Crippen LogP contribution in [0.3, 0.4) is 0 Å². The molecule has 0 aliphatic rings. The van der Waals surface area contributed by atoms with Crippen LogP contribution in [0.2, 0.25) is 0 Å². The number of nitrogens with one attached hydrogen (secondary N) is 1. The van der Waals surface area contributed by atoms with Crippen molar-refractivity contribution in [2.45, 2.75) is 12.3 Å². The van der Waals surface area contributed by atoms with Crippen molar-refractivity contribution in [3.05, 3.63) is 12.7 Å². The fourth-order valence-electron chi connectivity index (χ4n) is 0.563. The van der Waals surface area contributed by atoms with Crippen molar-refractivity contribution in [3.8, 4) is 0 Å². The van der Waals surface area contributed by atoms with Crippen LogP contribution in [0.1, 0.15) is 6.92 Å². The molecule has 59 valence electrons. The lowest BCUT2D eigenvalue weighted by Crippen LogP contribution is -2.33. The normalized spacial score (nSPS) is 14.6. The third kappa shape index (κ3) is 2.98. The average Bonchev–Trinajstić information content (AvgIpc) is 1.80. The molecule has 0 rings (SSSR count). The number of hydrogen-bond acceptors (Lipinski definition) is 3. The van der Waals surface area contributed by atoms with Crippen LogP contribution in [0, 0.1) is 6.58 Å². The van der Waals surface area contributed by atoms with Crippen LogP contribution in [0.5, 0.6) is 0 Å². The zero-order valence-electron chi connectivity index (χ0n) is 6.16. The van der Waals surface area contributed by atoms with E-state index >= 15 is 0 Å². The van der Waals surface area contributed by atoms with Gasteiger partial charge in [-0.1, -0.05) is 19.6 Å².